The van der Waals surface area contributed by atoms with E-state index in [2.05, 4.69) is 4.98 Å². The molecule has 3 heterocycles. The van der Waals surface area contributed by atoms with E-state index in [-0.39, 0.29) is 30.7 Å². The predicted octanol–water partition coefficient (Wildman–Crippen LogP) is 4.24. The highest BCUT2D eigenvalue weighted by molar-refractivity contribution is 5.97. The molecule has 3 aromatic carbocycles. The molecule has 2 aliphatic heterocycles. The molecule has 4 aromatic rings. The van der Waals surface area contributed by atoms with E-state index in [1.807, 2.05) is 48.5 Å². The van der Waals surface area contributed by atoms with Crippen LogP contribution in [0.3, 0.4) is 0 Å². The van der Waals surface area contributed by atoms with Crippen molar-refractivity contribution in [1.82, 2.24) is 14.8 Å². The van der Waals surface area contributed by atoms with Gasteiger partial charge in [0.1, 0.15) is 23.7 Å². The summed E-state index contributed by atoms with van der Waals surface area (Å²) in [4.78, 5) is 34.3. The number of halogens is 1. The SMILES string of the molecule is COc1ccccc1[C@@H]1c2[nH]c3ccccc3c2C[C@H]2C(=O)N(CCc3ccccc3F)CC(=O)N12. The highest BCUT2D eigenvalue weighted by Gasteiger charge is 2.48. The Morgan fingerprint density at radius 2 is 1.75 bits per heavy atom. The first-order chi connectivity index (χ1) is 17.6. The van der Waals surface area contributed by atoms with Gasteiger partial charge in [-0.15, -0.1) is 0 Å². The fourth-order valence-corrected chi connectivity index (χ4v) is 5.69. The molecule has 0 saturated carbocycles. The molecule has 1 N–H and O–H groups in total. The molecule has 0 radical (unpaired) electrons. The van der Waals surface area contributed by atoms with Gasteiger partial charge in [0, 0.05) is 35.1 Å². The van der Waals surface area contributed by atoms with Gasteiger partial charge < -0.3 is 19.5 Å². The first-order valence-electron chi connectivity index (χ1n) is 12.1. The summed E-state index contributed by atoms with van der Waals surface area (Å²) in [7, 11) is 1.61. The third kappa shape index (κ3) is 3.54. The van der Waals surface area contributed by atoms with Crippen LogP contribution in [-0.2, 0) is 22.4 Å². The van der Waals surface area contributed by atoms with Crippen molar-refractivity contribution in [3.8, 4) is 5.75 Å². The van der Waals surface area contributed by atoms with Crippen molar-refractivity contribution in [2.24, 2.45) is 0 Å². The molecular formula is C29H26FN3O3. The normalized spacial score (nSPS) is 19.4. The molecule has 36 heavy (non-hydrogen) atoms. The molecule has 1 fully saturated rings. The van der Waals surface area contributed by atoms with E-state index < -0.39 is 12.1 Å². The second-order valence-corrected chi connectivity index (χ2v) is 9.33. The Kier molecular flexibility index (Phi) is 5.48. The van der Waals surface area contributed by atoms with E-state index >= 15 is 0 Å². The maximum Gasteiger partial charge on any atom is 0.246 e. The Morgan fingerprint density at radius 1 is 1.00 bits per heavy atom. The topological polar surface area (TPSA) is 65.6 Å². The van der Waals surface area contributed by atoms with Crippen molar-refractivity contribution in [3.63, 3.8) is 0 Å². The van der Waals surface area contributed by atoms with Gasteiger partial charge in [0.2, 0.25) is 11.8 Å². The van der Waals surface area contributed by atoms with Crippen LogP contribution in [0.4, 0.5) is 4.39 Å². The number of carbonyl (C=O) groups is 2. The molecule has 6 rings (SSSR count). The number of aromatic nitrogens is 1. The van der Waals surface area contributed by atoms with Crippen molar-refractivity contribution < 1.29 is 18.7 Å². The average Bonchev–Trinajstić information content (AvgIpc) is 3.28. The quantitative estimate of drug-likeness (QED) is 0.462. The second-order valence-electron chi connectivity index (χ2n) is 9.33. The highest BCUT2D eigenvalue weighted by Crippen LogP contribution is 2.44. The minimum absolute atomic E-state index is 0.0367. The van der Waals surface area contributed by atoms with Crippen molar-refractivity contribution >= 4 is 22.7 Å². The molecule has 2 amide bonds. The van der Waals surface area contributed by atoms with Crippen molar-refractivity contribution in [3.05, 3.63) is 101 Å². The summed E-state index contributed by atoms with van der Waals surface area (Å²) in [6.45, 7) is 0.251. The molecule has 7 heteroatoms. The third-order valence-corrected chi connectivity index (χ3v) is 7.38. The molecule has 0 unspecified atom stereocenters. The van der Waals surface area contributed by atoms with Crippen LogP contribution in [0.15, 0.2) is 72.8 Å². The lowest BCUT2D eigenvalue weighted by Crippen LogP contribution is -2.63. The molecule has 0 spiro atoms. The number of carbonyl (C=O) groups excluding carboxylic acids is 2. The fourth-order valence-electron chi connectivity index (χ4n) is 5.69. The van der Waals surface area contributed by atoms with Gasteiger partial charge in [-0.1, -0.05) is 54.6 Å². The van der Waals surface area contributed by atoms with Crippen LogP contribution in [0, 0.1) is 5.82 Å². The summed E-state index contributed by atoms with van der Waals surface area (Å²) in [6.07, 6.45) is 0.776. The summed E-state index contributed by atoms with van der Waals surface area (Å²) in [5.74, 6) is 0.123. The molecule has 1 saturated heterocycles. The minimum atomic E-state index is -0.645. The van der Waals surface area contributed by atoms with Crippen LogP contribution in [0.2, 0.25) is 0 Å². The lowest BCUT2D eigenvalue weighted by Gasteiger charge is -2.47. The largest absolute Gasteiger partial charge is 0.496 e. The van der Waals surface area contributed by atoms with Crippen LogP contribution in [0.25, 0.3) is 10.9 Å². The van der Waals surface area contributed by atoms with E-state index in [1.165, 1.54) is 6.07 Å². The van der Waals surface area contributed by atoms with Gasteiger partial charge >= 0.3 is 0 Å². The molecule has 182 valence electrons. The Hall–Kier alpha value is -4.13. The minimum Gasteiger partial charge on any atom is -0.496 e. The third-order valence-electron chi connectivity index (χ3n) is 7.38. The number of benzene rings is 3. The number of hydrogen-bond donors (Lipinski definition) is 1. The molecule has 1 aromatic heterocycles. The van der Waals surface area contributed by atoms with Crippen molar-refractivity contribution in [1.29, 1.82) is 0 Å². The Morgan fingerprint density at radius 3 is 2.58 bits per heavy atom. The van der Waals surface area contributed by atoms with Crippen LogP contribution in [0.5, 0.6) is 5.75 Å². The second kappa shape index (κ2) is 8.82. The van der Waals surface area contributed by atoms with Crippen molar-refractivity contribution in [2.45, 2.75) is 24.9 Å². The molecule has 0 aliphatic carbocycles. The van der Waals surface area contributed by atoms with Gasteiger partial charge in [0.05, 0.1) is 13.7 Å². The number of nitrogens with zero attached hydrogens (tertiary/aromatic N) is 2. The van der Waals surface area contributed by atoms with E-state index in [0.29, 0.717) is 24.2 Å². The number of hydrogen-bond acceptors (Lipinski definition) is 3. The standard InChI is InChI=1S/C29H26FN3O3/c1-36-25-13-7-4-10-20(25)28-27-21(19-9-3-6-12-23(19)31-27)16-24-29(35)32(17-26(34)33(24)28)15-14-18-8-2-5-11-22(18)30/h2-13,24,28,31H,14-17H2,1H3/t24-,28+/m0/s1. The number of fused-ring (bicyclic) bond motifs is 4. The highest BCUT2D eigenvalue weighted by atomic mass is 19.1. The molecular weight excluding hydrogens is 457 g/mol. The number of rotatable bonds is 5. The van der Waals surface area contributed by atoms with Gasteiger partial charge in [-0.05, 0) is 35.7 Å². The summed E-state index contributed by atoms with van der Waals surface area (Å²) < 4.78 is 19.8. The number of amides is 2. The Bertz CT molecular complexity index is 1480. The zero-order valence-electron chi connectivity index (χ0n) is 19.9. The molecule has 2 atom stereocenters. The summed E-state index contributed by atoms with van der Waals surface area (Å²) in [6, 6.07) is 21.1. The number of ether oxygens (including phenoxy) is 1. The van der Waals surface area contributed by atoms with Gasteiger partial charge in [-0.2, -0.15) is 0 Å². The van der Waals surface area contributed by atoms with E-state index in [0.717, 1.165) is 27.7 Å². The molecule has 2 aliphatic rings. The van der Waals surface area contributed by atoms with E-state index in [4.69, 9.17) is 4.74 Å². The van der Waals surface area contributed by atoms with Crippen LogP contribution in [0.1, 0.15) is 28.4 Å². The van der Waals surface area contributed by atoms with E-state index in [9.17, 15) is 14.0 Å². The van der Waals surface area contributed by atoms with Gasteiger partial charge in [-0.25, -0.2) is 4.39 Å². The summed E-state index contributed by atoms with van der Waals surface area (Å²) >= 11 is 0. The van der Waals surface area contributed by atoms with E-state index in [1.54, 1.807) is 35.1 Å². The van der Waals surface area contributed by atoms with Gasteiger partial charge in [0.25, 0.3) is 0 Å². The predicted molar refractivity (Wildman–Crippen MR) is 134 cm³/mol. The molecule has 0 bridgehead atoms. The summed E-state index contributed by atoms with van der Waals surface area (Å²) in [5, 5.41) is 1.05. The lowest BCUT2D eigenvalue weighted by molar-refractivity contribution is -0.158. The maximum absolute atomic E-state index is 14.2. The number of aromatic amines is 1. The number of nitrogens with one attached hydrogen (secondary N) is 1. The van der Waals surface area contributed by atoms with Crippen LogP contribution < -0.4 is 4.74 Å². The first kappa shape index (κ1) is 22.3. The maximum atomic E-state index is 14.2. The molecule has 6 nitrogen and oxygen atoms in total. The zero-order chi connectivity index (χ0) is 24.8. The monoisotopic (exact) mass is 483 g/mol. The fraction of sp³-hybridized carbons (Fsp3) is 0.241. The summed E-state index contributed by atoms with van der Waals surface area (Å²) in [5.41, 5.74) is 4.30. The van der Waals surface area contributed by atoms with Gasteiger partial charge in [-0.3, -0.25) is 9.59 Å². The van der Waals surface area contributed by atoms with Crippen LogP contribution in [-0.4, -0.2) is 52.8 Å². The Balaban J connectivity index is 1.42. The van der Waals surface area contributed by atoms with Crippen LogP contribution >= 0.6 is 0 Å². The van der Waals surface area contributed by atoms with Gasteiger partial charge in [0.15, 0.2) is 0 Å². The zero-order valence-corrected chi connectivity index (χ0v) is 19.9. The number of piperazine rings is 1. The average molecular weight is 484 g/mol. The smallest absolute Gasteiger partial charge is 0.246 e. The number of para-hydroxylation sites is 2. The van der Waals surface area contributed by atoms with Crippen molar-refractivity contribution in [2.75, 3.05) is 20.2 Å². The number of H-pyrrole nitrogens is 1. The Labute approximate surface area is 208 Å². The lowest BCUT2D eigenvalue weighted by atomic mass is 9.86. The first-order valence-corrected chi connectivity index (χ1v) is 12.1. The number of methoxy groups -OCH3 is 1.